The highest BCUT2D eigenvalue weighted by molar-refractivity contribution is 5.38. The minimum absolute atomic E-state index is 0.326. The van der Waals surface area contributed by atoms with Gasteiger partial charge in [-0.25, -0.2) is 8.78 Å². The molecule has 0 bridgehead atoms. The Labute approximate surface area is 60.9 Å². The molecule has 5 heteroatoms. The van der Waals surface area contributed by atoms with Gasteiger partial charge in [0.15, 0.2) is 11.6 Å². The van der Waals surface area contributed by atoms with Crippen molar-refractivity contribution in [1.29, 1.82) is 0 Å². The maximum atomic E-state index is 12.5. The molecule has 0 radical (unpaired) electrons. The molecule has 0 aromatic heterocycles. The summed E-state index contributed by atoms with van der Waals surface area (Å²) in [5.41, 5.74) is 7.58. The molecular formula is C6H3F2N3. The average molecular weight is 155 g/mol. The Kier molecular flexibility index (Phi) is 2.03. The monoisotopic (exact) mass is 155 g/mol. The zero-order valence-corrected chi connectivity index (χ0v) is 5.33. The molecule has 56 valence electrons. The Bertz CT molecular complexity index is 318. The van der Waals surface area contributed by atoms with E-state index in [4.69, 9.17) is 5.53 Å². The third-order valence-corrected chi connectivity index (χ3v) is 1.08. The predicted molar refractivity (Wildman–Crippen MR) is 35.2 cm³/mol. The van der Waals surface area contributed by atoms with Gasteiger partial charge in [0, 0.05) is 4.91 Å². The van der Waals surface area contributed by atoms with Crippen molar-refractivity contribution in [3.63, 3.8) is 0 Å². The summed E-state index contributed by atoms with van der Waals surface area (Å²) in [5, 5.41) is 2.93. The third-order valence-electron chi connectivity index (χ3n) is 1.08. The first kappa shape index (κ1) is 7.50. The summed E-state index contributed by atoms with van der Waals surface area (Å²) in [6, 6.07) is 3.41. The fourth-order valence-corrected chi connectivity index (χ4v) is 0.618. The normalized spacial score (nSPS) is 8.91. The van der Waals surface area contributed by atoms with Crippen LogP contribution in [0.2, 0.25) is 0 Å². The van der Waals surface area contributed by atoms with Crippen molar-refractivity contribution < 1.29 is 8.78 Å². The van der Waals surface area contributed by atoms with Crippen LogP contribution in [0.4, 0.5) is 14.5 Å². The van der Waals surface area contributed by atoms with Crippen LogP contribution in [-0.2, 0) is 0 Å². The SMILES string of the molecule is [N-]=[N+]=Nc1cccc(F)c1F. The van der Waals surface area contributed by atoms with Gasteiger partial charge in [0.2, 0.25) is 0 Å². The Balaban J connectivity index is 3.26. The lowest BCUT2D eigenvalue weighted by Crippen LogP contribution is -1.81. The van der Waals surface area contributed by atoms with Gasteiger partial charge in [0.1, 0.15) is 0 Å². The first-order chi connectivity index (χ1) is 5.25. The average Bonchev–Trinajstić information content (AvgIpc) is 1.99. The van der Waals surface area contributed by atoms with Crippen LogP contribution in [0.25, 0.3) is 10.4 Å². The second-order valence-electron chi connectivity index (χ2n) is 1.76. The van der Waals surface area contributed by atoms with Crippen LogP contribution >= 0.6 is 0 Å². The van der Waals surface area contributed by atoms with Gasteiger partial charge < -0.3 is 0 Å². The maximum absolute atomic E-state index is 12.5. The molecule has 11 heavy (non-hydrogen) atoms. The summed E-state index contributed by atoms with van der Waals surface area (Å²) in [7, 11) is 0. The van der Waals surface area contributed by atoms with Crippen molar-refractivity contribution >= 4 is 5.69 Å². The number of hydrogen-bond acceptors (Lipinski definition) is 1. The van der Waals surface area contributed by atoms with Gasteiger partial charge in [-0.1, -0.05) is 11.2 Å². The first-order valence-electron chi connectivity index (χ1n) is 2.75. The Morgan fingerprint density at radius 3 is 2.73 bits per heavy atom. The topological polar surface area (TPSA) is 48.8 Å². The highest BCUT2D eigenvalue weighted by atomic mass is 19.2. The minimum Gasteiger partial charge on any atom is -0.204 e. The number of benzene rings is 1. The maximum Gasteiger partial charge on any atom is 0.168 e. The van der Waals surface area contributed by atoms with E-state index in [-0.39, 0.29) is 5.69 Å². The van der Waals surface area contributed by atoms with Gasteiger partial charge >= 0.3 is 0 Å². The summed E-state index contributed by atoms with van der Waals surface area (Å²) >= 11 is 0. The smallest absolute Gasteiger partial charge is 0.168 e. The van der Waals surface area contributed by atoms with Crippen molar-refractivity contribution in [3.8, 4) is 0 Å². The highest BCUT2D eigenvalue weighted by Gasteiger charge is 2.03. The third kappa shape index (κ3) is 1.45. The molecule has 0 atom stereocenters. The molecule has 0 aliphatic carbocycles. The predicted octanol–water partition coefficient (Wildman–Crippen LogP) is 2.91. The lowest BCUT2D eigenvalue weighted by atomic mass is 10.3. The molecule has 0 heterocycles. The molecule has 0 aliphatic rings. The van der Waals surface area contributed by atoms with E-state index in [0.717, 1.165) is 6.07 Å². The van der Waals surface area contributed by atoms with E-state index >= 15 is 0 Å². The molecule has 0 aliphatic heterocycles. The van der Waals surface area contributed by atoms with Gasteiger partial charge in [0.05, 0.1) is 5.69 Å². The Morgan fingerprint density at radius 2 is 2.09 bits per heavy atom. The quantitative estimate of drug-likeness (QED) is 0.340. The molecule has 3 nitrogen and oxygen atoms in total. The Morgan fingerprint density at radius 1 is 1.36 bits per heavy atom. The van der Waals surface area contributed by atoms with Crippen molar-refractivity contribution in [3.05, 3.63) is 40.3 Å². The molecule has 0 saturated carbocycles. The summed E-state index contributed by atoms with van der Waals surface area (Å²) in [5.74, 6) is -2.14. The molecule has 0 N–H and O–H groups in total. The second kappa shape index (κ2) is 2.98. The molecular weight excluding hydrogens is 152 g/mol. The lowest BCUT2D eigenvalue weighted by molar-refractivity contribution is 0.510. The first-order valence-corrected chi connectivity index (χ1v) is 2.75. The van der Waals surface area contributed by atoms with Crippen LogP contribution in [0.1, 0.15) is 0 Å². The van der Waals surface area contributed by atoms with Crippen molar-refractivity contribution in [2.45, 2.75) is 0 Å². The van der Waals surface area contributed by atoms with Gasteiger partial charge in [-0.3, -0.25) is 0 Å². The Hall–Kier alpha value is -1.61. The van der Waals surface area contributed by atoms with Gasteiger partial charge in [-0.05, 0) is 17.7 Å². The minimum atomic E-state index is -1.12. The molecule has 1 aromatic rings. The standard InChI is InChI=1S/C6H3F2N3/c7-4-2-1-3-5(6(4)8)10-11-9/h1-3H. The van der Waals surface area contributed by atoms with Crippen LogP contribution in [-0.4, -0.2) is 0 Å². The highest BCUT2D eigenvalue weighted by Crippen LogP contribution is 2.19. The van der Waals surface area contributed by atoms with Crippen LogP contribution in [0, 0.1) is 11.6 Å². The number of rotatable bonds is 1. The number of nitrogens with zero attached hydrogens (tertiary/aromatic N) is 3. The van der Waals surface area contributed by atoms with Crippen LogP contribution in [0.5, 0.6) is 0 Å². The molecule has 1 rings (SSSR count). The summed E-state index contributed by atoms with van der Waals surface area (Å²) in [6.45, 7) is 0. The zero-order chi connectivity index (χ0) is 8.27. The molecule has 0 unspecified atom stereocenters. The van der Waals surface area contributed by atoms with E-state index in [1.54, 1.807) is 0 Å². The van der Waals surface area contributed by atoms with Crippen molar-refractivity contribution in [1.82, 2.24) is 0 Å². The van der Waals surface area contributed by atoms with Gasteiger partial charge in [0.25, 0.3) is 0 Å². The fraction of sp³-hybridized carbons (Fsp3) is 0. The second-order valence-corrected chi connectivity index (χ2v) is 1.76. The van der Waals surface area contributed by atoms with Gasteiger partial charge in [-0.2, -0.15) is 0 Å². The van der Waals surface area contributed by atoms with Crippen LogP contribution in [0.3, 0.4) is 0 Å². The van der Waals surface area contributed by atoms with Crippen molar-refractivity contribution in [2.75, 3.05) is 0 Å². The number of halogens is 2. The molecule has 0 amide bonds. The lowest BCUT2D eigenvalue weighted by Gasteiger charge is -1.93. The number of azide groups is 1. The summed E-state index contributed by atoms with van der Waals surface area (Å²) < 4.78 is 24.9. The van der Waals surface area contributed by atoms with E-state index in [0.29, 0.717) is 0 Å². The molecule has 0 spiro atoms. The van der Waals surface area contributed by atoms with E-state index < -0.39 is 11.6 Å². The van der Waals surface area contributed by atoms with E-state index in [1.165, 1.54) is 12.1 Å². The molecule has 0 saturated heterocycles. The van der Waals surface area contributed by atoms with Crippen LogP contribution < -0.4 is 0 Å². The summed E-state index contributed by atoms with van der Waals surface area (Å²) in [4.78, 5) is 2.33. The largest absolute Gasteiger partial charge is 0.204 e. The molecule has 0 fully saturated rings. The van der Waals surface area contributed by atoms with E-state index in [2.05, 4.69) is 10.0 Å². The van der Waals surface area contributed by atoms with E-state index in [9.17, 15) is 8.78 Å². The van der Waals surface area contributed by atoms with Crippen molar-refractivity contribution in [2.24, 2.45) is 5.11 Å². The molecule has 1 aromatic carbocycles. The van der Waals surface area contributed by atoms with E-state index in [1.807, 2.05) is 0 Å². The fourth-order valence-electron chi connectivity index (χ4n) is 0.618. The number of hydrogen-bond donors (Lipinski definition) is 0. The zero-order valence-electron chi connectivity index (χ0n) is 5.33. The van der Waals surface area contributed by atoms with Gasteiger partial charge in [-0.15, -0.1) is 0 Å². The summed E-state index contributed by atoms with van der Waals surface area (Å²) in [6.07, 6.45) is 0. The van der Waals surface area contributed by atoms with Crippen LogP contribution in [0.15, 0.2) is 23.3 Å².